The lowest BCUT2D eigenvalue weighted by Gasteiger charge is -2.26. The number of sulfonamides is 1. The van der Waals surface area contributed by atoms with E-state index in [1.807, 2.05) is 0 Å². The van der Waals surface area contributed by atoms with Crippen molar-refractivity contribution in [2.45, 2.75) is 52.0 Å². The second-order valence-electron chi connectivity index (χ2n) is 5.75. The molecule has 2 fully saturated rings. The highest BCUT2D eigenvalue weighted by Gasteiger charge is 2.43. The second kappa shape index (κ2) is 4.65. The van der Waals surface area contributed by atoms with Crippen molar-refractivity contribution in [2.75, 3.05) is 12.3 Å². The van der Waals surface area contributed by atoms with Gasteiger partial charge in [0.05, 0.1) is 5.75 Å². The minimum absolute atomic E-state index is 0.342. The molecule has 2 atom stereocenters. The molecule has 1 saturated carbocycles. The summed E-state index contributed by atoms with van der Waals surface area (Å²) < 4.78 is 26.1. The van der Waals surface area contributed by atoms with Crippen molar-refractivity contribution in [1.29, 1.82) is 0 Å². The maximum Gasteiger partial charge on any atom is 0.214 e. The molecule has 2 rings (SSSR count). The van der Waals surface area contributed by atoms with E-state index in [1.54, 1.807) is 4.31 Å². The summed E-state index contributed by atoms with van der Waals surface area (Å²) in [4.78, 5) is 0. The number of piperidine rings is 1. The number of hydrogen-bond donors (Lipinski definition) is 0. The molecule has 1 saturated heterocycles. The first-order chi connectivity index (χ1) is 7.49. The third-order valence-corrected chi connectivity index (χ3v) is 5.87. The Morgan fingerprint density at radius 3 is 2.56 bits per heavy atom. The Balaban J connectivity index is 1.88. The fourth-order valence-electron chi connectivity index (χ4n) is 3.01. The van der Waals surface area contributed by atoms with Crippen molar-refractivity contribution in [3.05, 3.63) is 0 Å². The molecule has 0 aromatic heterocycles. The summed E-state index contributed by atoms with van der Waals surface area (Å²) >= 11 is 0. The van der Waals surface area contributed by atoms with Gasteiger partial charge in [-0.2, -0.15) is 4.31 Å². The van der Waals surface area contributed by atoms with Gasteiger partial charge in [0.15, 0.2) is 0 Å². The van der Waals surface area contributed by atoms with Gasteiger partial charge in [0, 0.05) is 12.6 Å². The zero-order chi connectivity index (χ0) is 11.8. The van der Waals surface area contributed by atoms with E-state index in [9.17, 15) is 8.42 Å². The van der Waals surface area contributed by atoms with E-state index in [-0.39, 0.29) is 0 Å². The van der Waals surface area contributed by atoms with Crippen molar-refractivity contribution in [2.24, 2.45) is 11.8 Å². The van der Waals surface area contributed by atoms with Crippen LogP contribution in [0.15, 0.2) is 0 Å². The highest BCUT2D eigenvalue weighted by atomic mass is 32.2. The molecule has 3 nitrogen and oxygen atoms in total. The Morgan fingerprint density at radius 1 is 1.31 bits per heavy atom. The number of nitrogens with zero attached hydrogens (tertiary/aromatic N) is 1. The van der Waals surface area contributed by atoms with E-state index in [1.165, 1.54) is 6.42 Å². The third kappa shape index (κ3) is 2.59. The van der Waals surface area contributed by atoms with Crippen molar-refractivity contribution in [3.8, 4) is 0 Å². The summed E-state index contributed by atoms with van der Waals surface area (Å²) in [7, 11) is -2.95. The average Bonchev–Trinajstić information content (AvgIpc) is 2.77. The van der Waals surface area contributed by atoms with E-state index < -0.39 is 10.0 Å². The molecule has 16 heavy (non-hydrogen) atoms. The quantitative estimate of drug-likeness (QED) is 0.745. The van der Waals surface area contributed by atoms with Crippen molar-refractivity contribution >= 4 is 10.0 Å². The monoisotopic (exact) mass is 245 g/mol. The van der Waals surface area contributed by atoms with Gasteiger partial charge in [0.2, 0.25) is 10.0 Å². The smallest absolute Gasteiger partial charge is 0.212 e. The molecule has 94 valence electrons. The minimum atomic E-state index is -2.95. The Labute approximate surface area is 99.3 Å². The largest absolute Gasteiger partial charge is 0.214 e. The number of fused-ring (bicyclic) bond motifs is 2. The van der Waals surface area contributed by atoms with Crippen molar-refractivity contribution < 1.29 is 8.42 Å². The molecular weight excluding hydrogens is 222 g/mol. The fraction of sp³-hybridized carbons (Fsp3) is 1.00. The van der Waals surface area contributed by atoms with Crippen molar-refractivity contribution in [1.82, 2.24) is 4.31 Å². The van der Waals surface area contributed by atoms with Gasteiger partial charge in [-0.15, -0.1) is 0 Å². The van der Waals surface area contributed by atoms with Gasteiger partial charge in [0.25, 0.3) is 0 Å². The van der Waals surface area contributed by atoms with Crippen LogP contribution in [0.5, 0.6) is 0 Å². The summed E-state index contributed by atoms with van der Waals surface area (Å²) in [5, 5.41) is 0. The van der Waals surface area contributed by atoms with Crippen LogP contribution in [0.25, 0.3) is 0 Å². The standard InChI is InChI=1S/C12H23NO2S/c1-10(2)4-3-7-16(14,15)13-9-11-5-6-12(13)8-11/h10-12H,3-9H2,1-2H3. The van der Waals surface area contributed by atoms with Crippen LogP contribution in [0.4, 0.5) is 0 Å². The molecule has 0 spiro atoms. The Bertz CT molecular complexity index is 337. The zero-order valence-electron chi connectivity index (χ0n) is 10.4. The van der Waals surface area contributed by atoms with Gasteiger partial charge in [0.1, 0.15) is 0 Å². The molecular formula is C12H23NO2S. The van der Waals surface area contributed by atoms with Gasteiger partial charge >= 0.3 is 0 Å². The third-order valence-electron chi connectivity index (χ3n) is 3.90. The maximum absolute atomic E-state index is 12.1. The molecule has 1 aliphatic heterocycles. The van der Waals surface area contributed by atoms with Gasteiger partial charge in [-0.05, 0) is 43.9 Å². The molecule has 0 aromatic carbocycles. The SMILES string of the molecule is CC(C)CCCS(=O)(=O)N1CC2CCC1C2. The maximum atomic E-state index is 12.1. The summed E-state index contributed by atoms with van der Waals surface area (Å²) in [6, 6.07) is 0.342. The van der Waals surface area contributed by atoms with Crippen LogP contribution in [0.3, 0.4) is 0 Å². The van der Waals surface area contributed by atoms with Crippen LogP contribution in [0, 0.1) is 11.8 Å². The molecule has 0 radical (unpaired) electrons. The van der Waals surface area contributed by atoms with Gasteiger partial charge < -0.3 is 0 Å². The minimum Gasteiger partial charge on any atom is -0.212 e. The Hall–Kier alpha value is -0.0900. The van der Waals surface area contributed by atoms with Crippen LogP contribution in [0.1, 0.15) is 46.0 Å². The predicted molar refractivity (Wildman–Crippen MR) is 65.7 cm³/mol. The first-order valence-electron chi connectivity index (χ1n) is 6.48. The van der Waals surface area contributed by atoms with Crippen molar-refractivity contribution in [3.63, 3.8) is 0 Å². The van der Waals surface area contributed by atoms with E-state index in [0.29, 0.717) is 23.6 Å². The first-order valence-corrected chi connectivity index (χ1v) is 8.09. The summed E-state index contributed by atoms with van der Waals surface area (Å²) in [6.07, 6.45) is 5.27. The lowest BCUT2D eigenvalue weighted by Crippen LogP contribution is -2.39. The van der Waals surface area contributed by atoms with E-state index in [2.05, 4.69) is 13.8 Å². The molecule has 2 unspecified atom stereocenters. The second-order valence-corrected chi connectivity index (χ2v) is 7.80. The topological polar surface area (TPSA) is 37.4 Å². The van der Waals surface area contributed by atoms with Crippen LogP contribution in [-0.2, 0) is 10.0 Å². The van der Waals surface area contributed by atoms with Gasteiger partial charge in [-0.3, -0.25) is 0 Å². The molecule has 0 aromatic rings. The molecule has 4 heteroatoms. The van der Waals surface area contributed by atoms with E-state index >= 15 is 0 Å². The van der Waals surface area contributed by atoms with Gasteiger partial charge in [-0.25, -0.2) is 8.42 Å². The number of hydrogen-bond acceptors (Lipinski definition) is 2. The average molecular weight is 245 g/mol. The summed E-state index contributed by atoms with van der Waals surface area (Å²) in [5.41, 5.74) is 0. The van der Waals surface area contributed by atoms with E-state index in [0.717, 1.165) is 32.2 Å². The highest BCUT2D eigenvalue weighted by molar-refractivity contribution is 7.89. The van der Waals surface area contributed by atoms with Crippen LogP contribution in [0.2, 0.25) is 0 Å². The number of rotatable bonds is 5. The molecule has 0 amide bonds. The molecule has 0 N–H and O–H groups in total. The van der Waals surface area contributed by atoms with Crippen LogP contribution in [-0.4, -0.2) is 31.1 Å². The Morgan fingerprint density at radius 2 is 2.06 bits per heavy atom. The zero-order valence-corrected chi connectivity index (χ0v) is 11.2. The molecule has 2 aliphatic rings. The van der Waals surface area contributed by atoms with E-state index in [4.69, 9.17) is 0 Å². The summed E-state index contributed by atoms with van der Waals surface area (Å²) in [6.45, 7) is 5.09. The van der Waals surface area contributed by atoms with Crippen LogP contribution >= 0.6 is 0 Å². The highest BCUT2D eigenvalue weighted by Crippen LogP contribution is 2.39. The summed E-state index contributed by atoms with van der Waals surface area (Å²) in [5.74, 6) is 1.61. The molecule has 1 heterocycles. The lowest BCUT2D eigenvalue weighted by molar-refractivity contribution is 0.332. The molecule has 2 bridgehead atoms. The van der Waals surface area contributed by atoms with Crippen LogP contribution < -0.4 is 0 Å². The normalized spacial score (nSPS) is 30.4. The Kier molecular flexibility index (Phi) is 3.59. The predicted octanol–water partition coefficient (Wildman–Crippen LogP) is 2.24. The first kappa shape index (κ1) is 12.4. The lowest BCUT2D eigenvalue weighted by atomic mass is 10.1. The fourth-order valence-corrected chi connectivity index (χ4v) is 4.86. The molecule has 1 aliphatic carbocycles. The van der Waals surface area contributed by atoms with Gasteiger partial charge in [-0.1, -0.05) is 13.8 Å².